The van der Waals surface area contributed by atoms with Crippen LogP contribution in [0.25, 0.3) is 0 Å². The Bertz CT molecular complexity index is 1680. The molecule has 1 spiro atoms. The van der Waals surface area contributed by atoms with Gasteiger partial charge in [0.1, 0.15) is 0 Å². The molecule has 0 saturated carbocycles. The molecule has 3 amide bonds. The SMILES string of the molecule is C[C@@H]1[C@@H]([Si](C)(C)O)[C@H](CC(=O)N(CCO)Cc2ccccc2)O[C@@]12C(=O)N(Cc1cccc(N3CCCCC3=O)c1)c1ccc(Br)cc12. The fourth-order valence-electron chi connectivity index (χ4n) is 8.01. The predicted molar refractivity (Wildman–Crippen MR) is 191 cm³/mol. The fraction of sp³-hybridized carbons (Fsp3) is 0.432. The maximum Gasteiger partial charge on any atom is 0.264 e. The Morgan fingerprint density at radius 2 is 1.79 bits per heavy atom. The van der Waals surface area contributed by atoms with Crippen molar-refractivity contribution in [1.82, 2.24) is 4.90 Å². The Balaban J connectivity index is 1.33. The molecule has 0 bridgehead atoms. The number of piperidine rings is 1. The molecule has 0 aliphatic carbocycles. The first-order valence-corrected chi connectivity index (χ1v) is 20.6. The van der Waals surface area contributed by atoms with Crippen molar-refractivity contribution in [3.8, 4) is 0 Å². The molecule has 4 atom stereocenters. The van der Waals surface area contributed by atoms with E-state index in [4.69, 9.17) is 4.74 Å². The first-order chi connectivity index (χ1) is 22.9. The third-order valence-electron chi connectivity index (χ3n) is 10.1. The first kappa shape index (κ1) is 34.5. The second-order valence-electron chi connectivity index (χ2n) is 13.8. The Kier molecular flexibility index (Phi) is 9.97. The highest BCUT2D eigenvalue weighted by molar-refractivity contribution is 9.10. The number of amides is 3. The summed E-state index contributed by atoms with van der Waals surface area (Å²) in [4.78, 5) is 58.3. The van der Waals surface area contributed by atoms with Crippen LogP contribution in [0.2, 0.25) is 18.6 Å². The Morgan fingerprint density at radius 1 is 1.04 bits per heavy atom. The van der Waals surface area contributed by atoms with Crippen molar-refractivity contribution in [3.63, 3.8) is 0 Å². The average molecular weight is 735 g/mol. The number of nitrogens with zero attached hydrogens (tertiary/aromatic N) is 3. The Labute approximate surface area is 291 Å². The van der Waals surface area contributed by atoms with Crippen molar-refractivity contribution in [1.29, 1.82) is 0 Å². The van der Waals surface area contributed by atoms with E-state index in [2.05, 4.69) is 15.9 Å². The number of rotatable bonds is 10. The van der Waals surface area contributed by atoms with E-state index in [9.17, 15) is 24.3 Å². The molecule has 254 valence electrons. The van der Waals surface area contributed by atoms with E-state index in [1.807, 2.05) is 97.7 Å². The second-order valence-corrected chi connectivity index (χ2v) is 18.7. The molecule has 11 heteroatoms. The van der Waals surface area contributed by atoms with Gasteiger partial charge in [0, 0.05) is 53.2 Å². The number of halogens is 1. The summed E-state index contributed by atoms with van der Waals surface area (Å²) in [6, 6.07) is 23.2. The van der Waals surface area contributed by atoms with E-state index in [1.165, 1.54) is 0 Å². The molecule has 2 N–H and O–H groups in total. The van der Waals surface area contributed by atoms with Crippen LogP contribution in [-0.2, 0) is 37.8 Å². The van der Waals surface area contributed by atoms with Crippen LogP contribution >= 0.6 is 15.9 Å². The van der Waals surface area contributed by atoms with Crippen molar-refractivity contribution >= 4 is 53.3 Å². The largest absolute Gasteiger partial charge is 0.432 e. The highest BCUT2D eigenvalue weighted by Crippen LogP contribution is 2.60. The van der Waals surface area contributed by atoms with E-state index >= 15 is 0 Å². The number of aliphatic hydroxyl groups excluding tert-OH is 1. The molecule has 3 aromatic rings. The minimum Gasteiger partial charge on any atom is -0.432 e. The van der Waals surface area contributed by atoms with Gasteiger partial charge in [0.2, 0.25) is 11.8 Å². The van der Waals surface area contributed by atoms with Gasteiger partial charge in [-0.25, -0.2) is 0 Å². The molecule has 0 unspecified atom stereocenters. The van der Waals surface area contributed by atoms with Gasteiger partial charge in [-0.2, -0.15) is 0 Å². The molecular formula is C37H44BrN3O6Si. The van der Waals surface area contributed by atoms with Crippen molar-refractivity contribution in [2.45, 2.75) is 76.0 Å². The fourth-order valence-corrected chi connectivity index (χ4v) is 10.9. The van der Waals surface area contributed by atoms with Crippen molar-refractivity contribution in [2.75, 3.05) is 29.5 Å². The third-order valence-corrected chi connectivity index (χ3v) is 13.1. The molecule has 48 heavy (non-hydrogen) atoms. The van der Waals surface area contributed by atoms with E-state index in [-0.39, 0.29) is 43.8 Å². The van der Waals surface area contributed by atoms with E-state index < -0.39 is 31.5 Å². The van der Waals surface area contributed by atoms with Crippen LogP contribution in [-0.4, -0.2) is 66.6 Å². The van der Waals surface area contributed by atoms with Crippen LogP contribution in [0.3, 0.4) is 0 Å². The molecule has 6 rings (SSSR count). The molecule has 9 nitrogen and oxygen atoms in total. The van der Waals surface area contributed by atoms with Gasteiger partial charge in [-0.3, -0.25) is 14.4 Å². The van der Waals surface area contributed by atoms with Gasteiger partial charge >= 0.3 is 0 Å². The number of aliphatic hydroxyl groups is 1. The standard InChI is InChI=1S/C37H44BrN3O6Si/c1-25-35(48(2,3)46)32(22-34(44)39(18-19-42)23-26-10-5-4-6-11-26)47-37(25)30-21-28(38)15-16-31(30)41(36(37)45)24-27-12-9-13-29(20-27)40-17-8-7-14-33(40)43/h4-6,9-13,15-16,20-21,25,32,35,42,46H,7-8,14,17-19,22-24H2,1-3H3/t25-,32+,35-,37+/m1/s1. The number of carbonyl (C=O) groups excluding carboxylic acids is 3. The maximum atomic E-state index is 14.9. The highest BCUT2D eigenvalue weighted by atomic mass is 79.9. The Hall–Kier alpha value is -3.35. The number of benzene rings is 3. The van der Waals surface area contributed by atoms with Crippen molar-refractivity contribution in [3.05, 3.63) is 94.0 Å². The minimum atomic E-state index is -3.00. The van der Waals surface area contributed by atoms with Gasteiger partial charge in [0.05, 0.1) is 31.4 Å². The summed E-state index contributed by atoms with van der Waals surface area (Å²) in [7, 11) is -3.00. The summed E-state index contributed by atoms with van der Waals surface area (Å²) in [6.45, 7) is 6.92. The van der Waals surface area contributed by atoms with Crippen molar-refractivity contribution in [2.24, 2.45) is 5.92 Å². The molecule has 2 fully saturated rings. The second kappa shape index (κ2) is 13.9. The normalized spacial score (nSPS) is 24.0. The number of hydrogen-bond acceptors (Lipinski definition) is 6. The topological polar surface area (TPSA) is 111 Å². The molecule has 2 saturated heterocycles. The zero-order valence-corrected chi connectivity index (χ0v) is 30.4. The molecule has 0 radical (unpaired) electrons. The Morgan fingerprint density at radius 3 is 2.50 bits per heavy atom. The van der Waals surface area contributed by atoms with Gasteiger partial charge in [-0.05, 0) is 67.4 Å². The van der Waals surface area contributed by atoms with Crippen LogP contribution in [0.1, 0.15) is 49.3 Å². The lowest BCUT2D eigenvalue weighted by Crippen LogP contribution is -2.46. The van der Waals surface area contributed by atoms with Gasteiger partial charge < -0.3 is 29.3 Å². The van der Waals surface area contributed by atoms with E-state index in [0.29, 0.717) is 25.1 Å². The molecule has 3 heterocycles. The molecular weight excluding hydrogens is 690 g/mol. The third kappa shape index (κ3) is 6.50. The van der Waals surface area contributed by atoms with Crippen LogP contribution < -0.4 is 9.80 Å². The van der Waals surface area contributed by atoms with Crippen LogP contribution in [0, 0.1) is 5.92 Å². The maximum absolute atomic E-state index is 14.9. The smallest absolute Gasteiger partial charge is 0.264 e. The van der Waals surface area contributed by atoms with E-state index in [0.717, 1.165) is 39.8 Å². The van der Waals surface area contributed by atoms with Gasteiger partial charge in [0.15, 0.2) is 13.9 Å². The van der Waals surface area contributed by atoms with Gasteiger partial charge in [0.25, 0.3) is 5.91 Å². The lowest BCUT2D eigenvalue weighted by atomic mass is 9.82. The van der Waals surface area contributed by atoms with Gasteiger partial charge in [-0.15, -0.1) is 0 Å². The van der Waals surface area contributed by atoms with Gasteiger partial charge in [-0.1, -0.05) is 65.3 Å². The quantitative estimate of drug-likeness (QED) is 0.258. The number of carbonyl (C=O) groups is 3. The van der Waals surface area contributed by atoms with Crippen LogP contribution in [0.15, 0.2) is 77.3 Å². The van der Waals surface area contributed by atoms with E-state index in [1.54, 1.807) is 9.80 Å². The molecule has 3 aromatic carbocycles. The summed E-state index contributed by atoms with van der Waals surface area (Å²) in [5.41, 5.74) is 2.28. The zero-order valence-electron chi connectivity index (χ0n) is 27.8. The summed E-state index contributed by atoms with van der Waals surface area (Å²) in [5.74, 6) is -0.740. The van der Waals surface area contributed by atoms with Crippen molar-refractivity contribution < 1.29 is 29.0 Å². The molecule has 3 aliphatic heterocycles. The zero-order chi connectivity index (χ0) is 34.2. The monoisotopic (exact) mass is 733 g/mol. The average Bonchev–Trinajstić information content (AvgIpc) is 3.47. The molecule has 0 aromatic heterocycles. The number of fused-ring (bicyclic) bond motifs is 2. The minimum absolute atomic E-state index is 0.0247. The van der Waals surface area contributed by atoms with Crippen LogP contribution in [0.5, 0.6) is 0 Å². The lowest BCUT2D eigenvalue weighted by Gasteiger charge is -2.32. The summed E-state index contributed by atoms with van der Waals surface area (Å²) in [5, 5.41) is 9.81. The summed E-state index contributed by atoms with van der Waals surface area (Å²) < 4.78 is 7.70. The number of anilines is 2. The lowest BCUT2D eigenvalue weighted by molar-refractivity contribution is -0.150. The molecule has 3 aliphatic rings. The summed E-state index contributed by atoms with van der Waals surface area (Å²) >= 11 is 3.61. The highest BCUT2D eigenvalue weighted by Gasteiger charge is 2.66. The first-order valence-electron chi connectivity index (χ1n) is 16.8. The number of hydrogen-bond donors (Lipinski definition) is 2. The predicted octanol–water partition coefficient (Wildman–Crippen LogP) is 5.72. The van der Waals surface area contributed by atoms with Crippen LogP contribution in [0.4, 0.5) is 11.4 Å². The summed E-state index contributed by atoms with van der Waals surface area (Å²) in [6.07, 6.45) is 1.66. The number of ether oxygens (including phenoxy) is 1.